The fraction of sp³-hybridized carbons (Fsp3) is 0.200. The minimum atomic E-state index is -0.461. The third kappa shape index (κ3) is 3.89. The minimum Gasteiger partial charge on any atom is -0.490 e. The molecule has 4 aromatic rings. The molecule has 0 atom stereocenters. The van der Waals surface area contributed by atoms with Crippen LogP contribution in [-0.2, 0) is 6.54 Å². The van der Waals surface area contributed by atoms with Crippen LogP contribution in [0, 0.1) is 5.82 Å². The van der Waals surface area contributed by atoms with Crippen molar-refractivity contribution in [3.05, 3.63) is 83.8 Å². The lowest BCUT2D eigenvalue weighted by atomic mass is 10.0. The molecule has 1 N–H and O–H groups in total. The summed E-state index contributed by atoms with van der Waals surface area (Å²) in [7, 11) is 1.71. The Labute approximate surface area is 179 Å². The molecule has 1 amide bonds. The Hall–Kier alpha value is -3.67. The number of aromatic nitrogens is 2. The first-order chi connectivity index (χ1) is 15.1. The maximum Gasteiger partial charge on any atom is 0.254 e. The number of aromatic amines is 1. The summed E-state index contributed by atoms with van der Waals surface area (Å²) in [6.45, 7) is 0.374. The van der Waals surface area contributed by atoms with Gasteiger partial charge in [-0.2, -0.15) is 5.10 Å². The van der Waals surface area contributed by atoms with Crippen LogP contribution >= 0.6 is 0 Å². The Kier molecular flexibility index (Phi) is 4.90. The van der Waals surface area contributed by atoms with E-state index < -0.39 is 5.82 Å². The number of para-hydroxylation sites is 1. The molecule has 1 fully saturated rings. The zero-order valence-corrected chi connectivity index (χ0v) is 17.1. The zero-order chi connectivity index (χ0) is 21.4. The summed E-state index contributed by atoms with van der Waals surface area (Å²) in [5.41, 5.74) is 3.24. The van der Waals surface area contributed by atoms with Crippen molar-refractivity contribution in [2.75, 3.05) is 7.05 Å². The summed E-state index contributed by atoms with van der Waals surface area (Å²) in [6.07, 6.45) is 3.73. The van der Waals surface area contributed by atoms with E-state index in [1.165, 1.54) is 6.07 Å². The second kappa shape index (κ2) is 7.87. The predicted octanol–water partition coefficient (Wildman–Crippen LogP) is 5.18. The van der Waals surface area contributed by atoms with E-state index in [0.29, 0.717) is 17.9 Å². The summed E-state index contributed by atoms with van der Waals surface area (Å²) < 4.78 is 21.2. The smallest absolute Gasteiger partial charge is 0.254 e. The largest absolute Gasteiger partial charge is 0.490 e. The van der Waals surface area contributed by atoms with E-state index in [4.69, 9.17) is 4.74 Å². The SMILES string of the molecule is CN(Cc1cccc2cn[nH]c12)C(=O)c1cc(F)c(-c2ccccc2)c(OC2CC2)c1. The van der Waals surface area contributed by atoms with Crippen molar-refractivity contribution in [3.8, 4) is 16.9 Å². The van der Waals surface area contributed by atoms with Gasteiger partial charge in [-0.05, 0) is 36.1 Å². The molecule has 1 aliphatic rings. The number of amides is 1. The van der Waals surface area contributed by atoms with Gasteiger partial charge in [0.05, 0.1) is 23.4 Å². The summed E-state index contributed by atoms with van der Waals surface area (Å²) in [4.78, 5) is 14.7. The Morgan fingerprint density at radius 1 is 1.16 bits per heavy atom. The van der Waals surface area contributed by atoms with Gasteiger partial charge in [-0.1, -0.05) is 48.5 Å². The first-order valence-electron chi connectivity index (χ1n) is 10.3. The fourth-order valence-electron chi connectivity index (χ4n) is 3.76. The Balaban J connectivity index is 1.47. The molecule has 1 aromatic heterocycles. The standard InChI is InChI=1S/C25H22FN3O2/c1-29(15-18-9-5-8-17-14-27-28-24(17)18)25(30)19-12-21(26)23(16-6-3-2-4-7-16)22(13-19)31-20-10-11-20/h2-9,12-14,20H,10-11,15H2,1H3,(H,27,28). The Bertz CT molecular complexity index is 1250. The van der Waals surface area contributed by atoms with Crippen LogP contribution in [0.2, 0.25) is 0 Å². The van der Waals surface area contributed by atoms with Gasteiger partial charge in [0.2, 0.25) is 0 Å². The number of halogens is 1. The number of carbonyl (C=O) groups is 1. The van der Waals surface area contributed by atoms with Gasteiger partial charge in [0.15, 0.2) is 0 Å². The molecule has 5 rings (SSSR count). The van der Waals surface area contributed by atoms with Crippen LogP contribution in [-0.4, -0.2) is 34.2 Å². The van der Waals surface area contributed by atoms with E-state index >= 15 is 4.39 Å². The van der Waals surface area contributed by atoms with E-state index in [9.17, 15) is 4.79 Å². The highest BCUT2D eigenvalue weighted by molar-refractivity contribution is 5.96. The van der Waals surface area contributed by atoms with Crippen molar-refractivity contribution < 1.29 is 13.9 Å². The van der Waals surface area contributed by atoms with Gasteiger partial charge in [0, 0.05) is 24.5 Å². The molecule has 1 saturated carbocycles. The molecule has 0 bridgehead atoms. The molecule has 0 aliphatic heterocycles. The highest BCUT2D eigenvalue weighted by Gasteiger charge is 2.27. The number of carbonyl (C=O) groups excluding carboxylic acids is 1. The van der Waals surface area contributed by atoms with Gasteiger partial charge in [-0.25, -0.2) is 4.39 Å². The van der Waals surface area contributed by atoms with Crippen LogP contribution in [0.4, 0.5) is 4.39 Å². The molecule has 3 aromatic carbocycles. The first kappa shape index (κ1) is 19.3. The third-order valence-corrected chi connectivity index (χ3v) is 5.50. The number of rotatable bonds is 6. The average Bonchev–Trinajstić information content (AvgIpc) is 3.45. The molecule has 0 spiro atoms. The quantitative estimate of drug-likeness (QED) is 0.472. The van der Waals surface area contributed by atoms with Gasteiger partial charge < -0.3 is 9.64 Å². The number of nitrogens with zero attached hydrogens (tertiary/aromatic N) is 2. The lowest BCUT2D eigenvalue weighted by Crippen LogP contribution is -2.26. The first-order valence-corrected chi connectivity index (χ1v) is 10.3. The molecule has 5 nitrogen and oxygen atoms in total. The van der Waals surface area contributed by atoms with Crippen molar-refractivity contribution >= 4 is 16.8 Å². The summed E-state index contributed by atoms with van der Waals surface area (Å²) in [5, 5.41) is 8.03. The van der Waals surface area contributed by atoms with E-state index in [1.807, 2.05) is 48.5 Å². The third-order valence-electron chi connectivity index (χ3n) is 5.50. The molecular formula is C25H22FN3O2. The molecule has 1 heterocycles. The molecule has 156 valence electrons. The Morgan fingerprint density at radius 3 is 2.74 bits per heavy atom. The Morgan fingerprint density at radius 2 is 1.97 bits per heavy atom. The van der Waals surface area contributed by atoms with Crippen molar-refractivity contribution in [3.63, 3.8) is 0 Å². The normalized spacial score (nSPS) is 13.4. The number of fused-ring (bicyclic) bond motifs is 1. The van der Waals surface area contributed by atoms with E-state index in [2.05, 4.69) is 10.2 Å². The topological polar surface area (TPSA) is 58.2 Å². The average molecular weight is 415 g/mol. The van der Waals surface area contributed by atoms with Crippen LogP contribution < -0.4 is 4.74 Å². The minimum absolute atomic E-state index is 0.0860. The number of hydrogen-bond donors (Lipinski definition) is 1. The van der Waals surface area contributed by atoms with Crippen LogP contribution in [0.25, 0.3) is 22.0 Å². The van der Waals surface area contributed by atoms with Crippen LogP contribution in [0.5, 0.6) is 5.75 Å². The van der Waals surface area contributed by atoms with Gasteiger partial charge >= 0.3 is 0 Å². The summed E-state index contributed by atoms with van der Waals surface area (Å²) in [5.74, 6) is -0.312. The van der Waals surface area contributed by atoms with Crippen molar-refractivity contribution in [2.45, 2.75) is 25.5 Å². The van der Waals surface area contributed by atoms with Crippen LogP contribution in [0.15, 0.2) is 66.9 Å². The number of hydrogen-bond acceptors (Lipinski definition) is 3. The monoisotopic (exact) mass is 415 g/mol. The van der Waals surface area contributed by atoms with Gasteiger partial charge in [-0.15, -0.1) is 0 Å². The van der Waals surface area contributed by atoms with Crippen LogP contribution in [0.1, 0.15) is 28.8 Å². The number of H-pyrrole nitrogens is 1. The molecule has 31 heavy (non-hydrogen) atoms. The van der Waals surface area contributed by atoms with E-state index in [1.54, 1.807) is 24.2 Å². The van der Waals surface area contributed by atoms with Gasteiger partial charge in [0.25, 0.3) is 5.91 Å². The van der Waals surface area contributed by atoms with Crippen LogP contribution in [0.3, 0.4) is 0 Å². The number of benzene rings is 3. The maximum absolute atomic E-state index is 15.2. The highest BCUT2D eigenvalue weighted by atomic mass is 19.1. The summed E-state index contributed by atoms with van der Waals surface area (Å²) in [6, 6.07) is 18.1. The lowest BCUT2D eigenvalue weighted by Gasteiger charge is -2.20. The van der Waals surface area contributed by atoms with Gasteiger partial charge in [0.1, 0.15) is 11.6 Å². The molecule has 6 heteroatoms. The van der Waals surface area contributed by atoms with Gasteiger partial charge in [-0.3, -0.25) is 9.89 Å². The highest BCUT2D eigenvalue weighted by Crippen LogP contribution is 2.38. The van der Waals surface area contributed by atoms with E-state index in [-0.39, 0.29) is 17.6 Å². The number of ether oxygens (including phenoxy) is 1. The fourth-order valence-corrected chi connectivity index (χ4v) is 3.76. The predicted molar refractivity (Wildman–Crippen MR) is 117 cm³/mol. The molecule has 1 aliphatic carbocycles. The molecule has 0 saturated heterocycles. The van der Waals surface area contributed by atoms with Crippen molar-refractivity contribution in [1.29, 1.82) is 0 Å². The van der Waals surface area contributed by atoms with Crippen molar-refractivity contribution in [2.24, 2.45) is 0 Å². The molecule has 0 unspecified atom stereocenters. The lowest BCUT2D eigenvalue weighted by molar-refractivity contribution is 0.0784. The molecular weight excluding hydrogens is 393 g/mol. The maximum atomic E-state index is 15.2. The van der Waals surface area contributed by atoms with E-state index in [0.717, 1.165) is 34.9 Å². The summed E-state index contributed by atoms with van der Waals surface area (Å²) >= 11 is 0. The second-order valence-electron chi connectivity index (χ2n) is 7.93. The molecule has 0 radical (unpaired) electrons. The second-order valence-corrected chi connectivity index (χ2v) is 7.93. The number of nitrogens with one attached hydrogen (secondary N) is 1. The van der Waals surface area contributed by atoms with Crippen molar-refractivity contribution in [1.82, 2.24) is 15.1 Å². The zero-order valence-electron chi connectivity index (χ0n) is 17.1.